The maximum absolute atomic E-state index is 9.03. The molecule has 0 spiro atoms. The lowest BCUT2D eigenvalue weighted by molar-refractivity contribution is 0.0877. The van der Waals surface area contributed by atoms with E-state index < -0.39 is 0 Å². The zero-order valence-electron chi connectivity index (χ0n) is 25.4. The second kappa shape index (κ2) is 31.1. The van der Waals surface area contributed by atoms with Crippen LogP contribution < -0.4 is 0 Å². The molecule has 0 fully saturated rings. The molecule has 0 amide bonds. The molecule has 1 unspecified atom stereocenters. The summed E-state index contributed by atoms with van der Waals surface area (Å²) in [6, 6.07) is 0. The van der Waals surface area contributed by atoms with E-state index in [2.05, 4.69) is 25.7 Å². The van der Waals surface area contributed by atoms with Crippen molar-refractivity contribution < 1.29 is 9.84 Å². The monoisotopic (exact) mass is 512 g/mol. The van der Waals surface area contributed by atoms with Crippen molar-refractivity contribution in [1.29, 1.82) is 0 Å². The van der Waals surface area contributed by atoms with E-state index in [1.54, 1.807) is 0 Å². The van der Waals surface area contributed by atoms with E-state index in [9.17, 15) is 0 Å². The molecule has 0 aromatic heterocycles. The molecule has 218 valence electrons. The summed E-state index contributed by atoms with van der Waals surface area (Å²) in [6.45, 7) is 12.9. The van der Waals surface area contributed by atoms with E-state index >= 15 is 0 Å². The van der Waals surface area contributed by atoms with Gasteiger partial charge in [0.2, 0.25) is 0 Å². The van der Waals surface area contributed by atoms with Crippen molar-refractivity contribution in [2.75, 3.05) is 39.5 Å². The Balaban J connectivity index is 3.97. The van der Waals surface area contributed by atoms with Gasteiger partial charge in [0.15, 0.2) is 0 Å². The predicted molar refractivity (Wildman–Crippen MR) is 161 cm³/mol. The largest absolute Gasteiger partial charge is 0.396 e. The number of ether oxygens (including phenoxy) is 1. The fraction of sp³-hybridized carbons (Fsp3) is 1.00. The molecule has 0 rings (SSSR count). The van der Waals surface area contributed by atoms with E-state index in [0.717, 1.165) is 32.0 Å². The quantitative estimate of drug-likeness (QED) is 0.0940. The van der Waals surface area contributed by atoms with E-state index in [1.165, 1.54) is 154 Å². The van der Waals surface area contributed by atoms with E-state index in [4.69, 9.17) is 9.84 Å². The minimum Gasteiger partial charge on any atom is -0.396 e. The molecule has 0 saturated carbocycles. The van der Waals surface area contributed by atoms with Gasteiger partial charge in [-0.3, -0.25) is 0 Å². The van der Waals surface area contributed by atoms with Crippen molar-refractivity contribution in [3.63, 3.8) is 0 Å². The number of aliphatic hydroxyl groups is 1. The topological polar surface area (TPSA) is 32.7 Å². The van der Waals surface area contributed by atoms with Gasteiger partial charge in [-0.25, -0.2) is 0 Å². The van der Waals surface area contributed by atoms with E-state index in [1.807, 2.05) is 0 Å². The lowest BCUT2D eigenvalue weighted by atomic mass is 9.95. The molecule has 3 nitrogen and oxygen atoms in total. The third kappa shape index (κ3) is 26.9. The highest BCUT2D eigenvalue weighted by atomic mass is 16.5. The summed E-state index contributed by atoms with van der Waals surface area (Å²) in [5, 5.41) is 9.03. The molecule has 36 heavy (non-hydrogen) atoms. The van der Waals surface area contributed by atoms with Crippen LogP contribution >= 0.6 is 0 Å². The second-order valence-corrected chi connectivity index (χ2v) is 11.4. The third-order valence-electron chi connectivity index (χ3n) is 7.76. The maximum Gasteiger partial charge on any atom is 0.0494 e. The molecule has 0 heterocycles. The fourth-order valence-electron chi connectivity index (χ4n) is 5.25. The van der Waals surface area contributed by atoms with Crippen LogP contribution in [0, 0.1) is 5.92 Å². The normalized spacial score (nSPS) is 12.6. The average Bonchev–Trinajstić information content (AvgIpc) is 2.89. The molecule has 1 atom stereocenters. The number of nitrogens with zero attached hydrogens (tertiary/aromatic N) is 1. The van der Waals surface area contributed by atoms with Gasteiger partial charge >= 0.3 is 0 Å². The number of hydrogen-bond donors (Lipinski definition) is 1. The summed E-state index contributed by atoms with van der Waals surface area (Å²) in [6.07, 6.45) is 30.7. The molecular formula is C33H69NO2. The number of unbranched alkanes of at least 4 members (excludes halogenated alkanes) is 16. The molecule has 3 heteroatoms. The second-order valence-electron chi connectivity index (χ2n) is 11.4. The van der Waals surface area contributed by atoms with Gasteiger partial charge in [0.25, 0.3) is 0 Å². The maximum atomic E-state index is 9.03. The number of rotatable bonds is 31. The summed E-state index contributed by atoms with van der Waals surface area (Å²) in [7, 11) is 0. The van der Waals surface area contributed by atoms with Gasteiger partial charge in [-0.1, -0.05) is 117 Å². The Kier molecular flexibility index (Phi) is 31.0. The predicted octanol–water partition coefficient (Wildman–Crippen LogP) is 9.95. The van der Waals surface area contributed by atoms with Crippen molar-refractivity contribution in [3.05, 3.63) is 0 Å². The molecule has 1 N–H and O–H groups in total. The van der Waals surface area contributed by atoms with Gasteiger partial charge in [-0.15, -0.1) is 0 Å². The number of hydrogen-bond acceptors (Lipinski definition) is 3. The van der Waals surface area contributed by atoms with E-state index in [-0.39, 0.29) is 0 Å². The van der Waals surface area contributed by atoms with Gasteiger partial charge in [-0.2, -0.15) is 0 Å². The van der Waals surface area contributed by atoms with Crippen molar-refractivity contribution in [3.8, 4) is 0 Å². The summed E-state index contributed by atoms with van der Waals surface area (Å²) >= 11 is 0. The average molecular weight is 512 g/mol. The molecule has 0 aliphatic carbocycles. The molecule has 0 bridgehead atoms. The highest BCUT2D eigenvalue weighted by Gasteiger charge is 2.09. The van der Waals surface area contributed by atoms with Crippen LogP contribution in [-0.2, 0) is 4.74 Å². The first kappa shape index (κ1) is 35.9. The third-order valence-corrected chi connectivity index (χ3v) is 7.76. The SMILES string of the molecule is CCCCCCCCC(CCCCCC)COCCCCCCN(CCCCCC)CCCCCO. The van der Waals surface area contributed by atoms with Crippen LogP contribution in [0.5, 0.6) is 0 Å². The van der Waals surface area contributed by atoms with Crippen LogP contribution in [0.15, 0.2) is 0 Å². The number of aliphatic hydroxyl groups excluding tert-OH is 1. The summed E-state index contributed by atoms with van der Waals surface area (Å²) < 4.78 is 6.20. The Hall–Kier alpha value is -0.120. The van der Waals surface area contributed by atoms with Crippen molar-refractivity contribution in [2.45, 2.75) is 168 Å². The van der Waals surface area contributed by atoms with E-state index in [0.29, 0.717) is 6.61 Å². The Morgan fingerprint density at radius 1 is 0.500 bits per heavy atom. The van der Waals surface area contributed by atoms with Crippen LogP contribution in [-0.4, -0.2) is 49.5 Å². The first-order valence-corrected chi connectivity index (χ1v) is 16.7. The molecule has 0 aromatic carbocycles. The first-order chi connectivity index (χ1) is 17.8. The van der Waals surface area contributed by atoms with Crippen LogP contribution in [0.25, 0.3) is 0 Å². The highest BCUT2D eigenvalue weighted by Crippen LogP contribution is 2.19. The first-order valence-electron chi connectivity index (χ1n) is 16.7. The van der Waals surface area contributed by atoms with Gasteiger partial charge < -0.3 is 14.7 Å². The zero-order chi connectivity index (χ0) is 26.4. The van der Waals surface area contributed by atoms with Crippen LogP contribution in [0.3, 0.4) is 0 Å². The highest BCUT2D eigenvalue weighted by molar-refractivity contribution is 4.62. The Morgan fingerprint density at radius 2 is 0.917 bits per heavy atom. The molecule has 0 saturated heterocycles. The Labute approximate surface area is 228 Å². The minimum absolute atomic E-state index is 0.344. The molecular weight excluding hydrogens is 442 g/mol. The lowest BCUT2D eigenvalue weighted by Crippen LogP contribution is -2.27. The summed E-state index contributed by atoms with van der Waals surface area (Å²) in [5.41, 5.74) is 0. The van der Waals surface area contributed by atoms with Gasteiger partial charge in [0.1, 0.15) is 0 Å². The van der Waals surface area contributed by atoms with Crippen LogP contribution in [0.4, 0.5) is 0 Å². The minimum atomic E-state index is 0.344. The Bertz CT molecular complexity index is 378. The standard InChI is InChI=1S/C33H69NO2/c1-4-7-10-13-14-19-26-33(25-18-11-8-5-2)32-36-31-24-16-15-21-28-34(27-20-12-9-6-3)29-22-17-23-30-35/h33,35H,4-32H2,1-3H3. The lowest BCUT2D eigenvalue weighted by Gasteiger charge is -2.22. The summed E-state index contributed by atoms with van der Waals surface area (Å²) in [5.74, 6) is 0.792. The van der Waals surface area contributed by atoms with Gasteiger partial charge in [0.05, 0.1) is 0 Å². The fourth-order valence-corrected chi connectivity index (χ4v) is 5.25. The van der Waals surface area contributed by atoms with Crippen molar-refractivity contribution in [2.24, 2.45) is 5.92 Å². The van der Waals surface area contributed by atoms with Crippen molar-refractivity contribution in [1.82, 2.24) is 4.90 Å². The Morgan fingerprint density at radius 3 is 1.47 bits per heavy atom. The molecule has 0 aliphatic rings. The van der Waals surface area contributed by atoms with Crippen molar-refractivity contribution >= 4 is 0 Å². The van der Waals surface area contributed by atoms with Gasteiger partial charge in [-0.05, 0) is 76.9 Å². The van der Waals surface area contributed by atoms with Crippen LogP contribution in [0.1, 0.15) is 168 Å². The smallest absolute Gasteiger partial charge is 0.0494 e. The molecule has 0 aromatic rings. The van der Waals surface area contributed by atoms with Crippen LogP contribution in [0.2, 0.25) is 0 Å². The molecule has 0 radical (unpaired) electrons. The molecule has 0 aliphatic heterocycles. The summed E-state index contributed by atoms with van der Waals surface area (Å²) in [4.78, 5) is 2.69. The van der Waals surface area contributed by atoms with Gasteiger partial charge in [0, 0.05) is 19.8 Å². The zero-order valence-corrected chi connectivity index (χ0v) is 25.4.